The van der Waals surface area contributed by atoms with Gasteiger partial charge in [-0.1, -0.05) is 39.0 Å². The zero-order chi connectivity index (χ0) is 29.0. The summed E-state index contributed by atoms with van der Waals surface area (Å²) in [5.74, 6) is -0.680. The SMILES string of the molecule is Cc1cn([C@@H]2O[C@H](COC(=O)c3ccccc3)[C@@]3(OS(=O)(=O)C=C3N)[C@H]2O[Si](C)(C)C(C)(C)C)c(=O)[nH]c1=O. The van der Waals surface area contributed by atoms with Crippen LogP contribution in [0.4, 0.5) is 0 Å². The first-order valence-electron chi connectivity index (χ1n) is 12.3. The predicted octanol–water partition coefficient (Wildman–Crippen LogP) is 1.89. The van der Waals surface area contributed by atoms with E-state index in [0.29, 0.717) is 0 Å². The molecule has 2 aromatic rings. The second-order valence-electron chi connectivity index (χ2n) is 11.2. The van der Waals surface area contributed by atoms with Gasteiger partial charge in [-0.25, -0.2) is 13.8 Å². The van der Waals surface area contributed by atoms with Gasteiger partial charge in [0.05, 0.1) is 16.7 Å². The van der Waals surface area contributed by atoms with Crippen LogP contribution in [-0.2, 0) is 28.2 Å². The maximum Gasteiger partial charge on any atom is 0.338 e. The van der Waals surface area contributed by atoms with E-state index in [1.54, 1.807) is 30.3 Å². The minimum Gasteiger partial charge on any atom is -0.459 e. The van der Waals surface area contributed by atoms with Gasteiger partial charge in [0.15, 0.2) is 20.1 Å². The van der Waals surface area contributed by atoms with E-state index < -0.39 is 66.3 Å². The Hall–Kier alpha value is -3.04. The quantitative estimate of drug-likeness (QED) is 0.293. The highest BCUT2D eigenvalue weighted by Gasteiger charge is 2.67. The molecule has 2 aliphatic rings. The number of carbonyl (C=O) groups is 1. The monoisotopic (exact) mass is 579 g/mol. The van der Waals surface area contributed by atoms with Gasteiger partial charge in [-0.3, -0.25) is 14.3 Å². The van der Waals surface area contributed by atoms with E-state index in [2.05, 4.69) is 4.98 Å². The minimum atomic E-state index is -4.28. The van der Waals surface area contributed by atoms with Gasteiger partial charge in [-0.15, -0.1) is 0 Å². The summed E-state index contributed by atoms with van der Waals surface area (Å²) in [6.45, 7) is 10.9. The summed E-state index contributed by atoms with van der Waals surface area (Å²) in [6.07, 6.45) is -2.56. The van der Waals surface area contributed by atoms with Gasteiger partial charge in [-0.05, 0) is 37.2 Å². The zero-order valence-electron chi connectivity index (χ0n) is 22.6. The molecular weight excluding hydrogens is 546 g/mol. The molecule has 4 rings (SSSR count). The summed E-state index contributed by atoms with van der Waals surface area (Å²) in [7, 11) is -7.00. The number of aromatic nitrogens is 2. The highest BCUT2D eigenvalue weighted by Crippen LogP contribution is 2.51. The number of nitrogens with two attached hydrogens (primary N) is 1. The normalized spacial score (nSPS) is 26.5. The molecule has 0 bridgehead atoms. The highest BCUT2D eigenvalue weighted by atomic mass is 32.2. The van der Waals surface area contributed by atoms with Crippen LogP contribution in [0.5, 0.6) is 0 Å². The summed E-state index contributed by atoms with van der Waals surface area (Å²) in [5.41, 5.74) is 3.25. The Kier molecular flexibility index (Phi) is 7.32. The lowest BCUT2D eigenvalue weighted by Gasteiger charge is -2.43. The van der Waals surface area contributed by atoms with Crippen LogP contribution < -0.4 is 17.0 Å². The lowest BCUT2D eigenvalue weighted by Crippen LogP contribution is -2.58. The number of hydrogen-bond donors (Lipinski definition) is 2. The molecule has 1 saturated heterocycles. The molecule has 0 radical (unpaired) electrons. The second kappa shape index (κ2) is 9.85. The van der Waals surface area contributed by atoms with Crippen LogP contribution in [0, 0.1) is 6.92 Å². The first-order valence-corrected chi connectivity index (χ1v) is 16.7. The predicted molar refractivity (Wildman–Crippen MR) is 144 cm³/mol. The molecule has 1 spiro atoms. The summed E-state index contributed by atoms with van der Waals surface area (Å²) in [4.78, 5) is 40.0. The Morgan fingerprint density at radius 1 is 1.21 bits per heavy atom. The largest absolute Gasteiger partial charge is 0.459 e. The molecule has 14 heteroatoms. The Morgan fingerprint density at radius 3 is 2.41 bits per heavy atom. The Morgan fingerprint density at radius 2 is 1.85 bits per heavy atom. The number of ether oxygens (including phenoxy) is 2. The third-order valence-corrected chi connectivity index (χ3v) is 13.0. The molecule has 4 atom stereocenters. The second-order valence-corrected chi connectivity index (χ2v) is 17.3. The topological polar surface area (TPSA) is 169 Å². The molecule has 3 N–H and O–H groups in total. The van der Waals surface area contributed by atoms with Crippen LogP contribution in [0.1, 0.15) is 42.9 Å². The summed E-state index contributed by atoms with van der Waals surface area (Å²) in [5, 5.41) is 0.423. The zero-order valence-corrected chi connectivity index (χ0v) is 24.4. The molecular formula is C25H33N3O9SSi. The molecule has 1 aromatic carbocycles. The van der Waals surface area contributed by atoms with E-state index in [1.807, 2.05) is 33.9 Å². The van der Waals surface area contributed by atoms with Crippen molar-refractivity contribution >= 4 is 24.4 Å². The summed E-state index contributed by atoms with van der Waals surface area (Å²) < 4.78 is 50.6. The van der Waals surface area contributed by atoms with Gasteiger partial charge in [0.2, 0.25) is 0 Å². The minimum absolute atomic E-state index is 0.209. The van der Waals surface area contributed by atoms with Gasteiger partial charge >= 0.3 is 11.7 Å². The standard InChI is InChI=1S/C25H33N3O9SSi/c1-15-12-28(23(31)27-20(15)29)21-19(36-39(5,6)24(2,3)4)25(17(26)14-38(32,33)37-25)18(35-21)13-34-22(30)16-10-8-7-9-11-16/h7-12,14,18-19,21H,13,26H2,1-6H3,(H,27,29,31)/t18-,19+,21-,25-/m1/s1. The molecule has 12 nitrogen and oxygen atoms in total. The van der Waals surface area contributed by atoms with Crippen molar-refractivity contribution in [1.82, 2.24) is 9.55 Å². The van der Waals surface area contributed by atoms with E-state index in [4.69, 9.17) is 23.8 Å². The maximum absolute atomic E-state index is 13.0. The number of esters is 1. The van der Waals surface area contributed by atoms with Crippen molar-refractivity contribution in [2.45, 2.75) is 69.9 Å². The van der Waals surface area contributed by atoms with Gasteiger partial charge in [-0.2, -0.15) is 8.42 Å². The number of H-pyrrole nitrogens is 1. The number of carbonyl (C=O) groups excluding carboxylic acids is 1. The number of aromatic amines is 1. The molecule has 212 valence electrons. The molecule has 39 heavy (non-hydrogen) atoms. The third-order valence-electron chi connectivity index (χ3n) is 7.46. The van der Waals surface area contributed by atoms with Crippen molar-refractivity contribution in [1.29, 1.82) is 0 Å². The van der Waals surface area contributed by atoms with Gasteiger partial charge < -0.3 is 19.6 Å². The Labute approximate surface area is 227 Å². The van der Waals surface area contributed by atoms with Crippen molar-refractivity contribution in [2.75, 3.05) is 6.61 Å². The van der Waals surface area contributed by atoms with E-state index in [0.717, 1.165) is 9.98 Å². The summed E-state index contributed by atoms with van der Waals surface area (Å²) >= 11 is 0. The average molecular weight is 580 g/mol. The van der Waals surface area contributed by atoms with E-state index in [9.17, 15) is 22.8 Å². The summed E-state index contributed by atoms with van der Waals surface area (Å²) in [6, 6.07) is 8.20. The molecule has 3 heterocycles. The molecule has 0 unspecified atom stereocenters. The van der Waals surface area contributed by atoms with Crippen LogP contribution in [-0.4, -0.2) is 56.7 Å². The fraction of sp³-hybridized carbons (Fsp3) is 0.480. The van der Waals surface area contributed by atoms with Crippen molar-refractivity contribution in [2.24, 2.45) is 5.73 Å². The molecule has 1 fully saturated rings. The molecule has 0 amide bonds. The number of benzene rings is 1. The average Bonchev–Trinajstić information content (AvgIpc) is 3.26. The third kappa shape index (κ3) is 5.26. The smallest absolute Gasteiger partial charge is 0.338 e. The molecule has 0 saturated carbocycles. The highest BCUT2D eigenvalue weighted by molar-refractivity contribution is 7.90. The fourth-order valence-corrected chi connectivity index (χ4v) is 6.80. The number of hydrogen-bond acceptors (Lipinski definition) is 10. The van der Waals surface area contributed by atoms with Crippen LogP contribution in [0.3, 0.4) is 0 Å². The number of nitrogens with one attached hydrogen (secondary N) is 1. The fourth-order valence-electron chi connectivity index (χ4n) is 4.30. The van der Waals surface area contributed by atoms with E-state index in [1.165, 1.54) is 13.1 Å². The first-order chi connectivity index (χ1) is 18.0. The number of rotatable bonds is 6. The van der Waals surface area contributed by atoms with Gasteiger partial charge in [0.25, 0.3) is 15.7 Å². The van der Waals surface area contributed by atoms with Crippen molar-refractivity contribution in [3.63, 3.8) is 0 Å². The number of aryl methyl sites for hydroxylation is 1. The van der Waals surface area contributed by atoms with Crippen molar-refractivity contribution in [3.8, 4) is 0 Å². The van der Waals surface area contributed by atoms with Crippen LogP contribution in [0.15, 0.2) is 57.2 Å². The molecule has 0 aliphatic carbocycles. The van der Waals surface area contributed by atoms with Crippen molar-refractivity contribution < 1.29 is 31.3 Å². The van der Waals surface area contributed by atoms with Gasteiger partial charge in [0, 0.05) is 11.8 Å². The molecule has 2 aliphatic heterocycles. The van der Waals surface area contributed by atoms with E-state index >= 15 is 0 Å². The van der Waals surface area contributed by atoms with Crippen LogP contribution in [0.25, 0.3) is 0 Å². The van der Waals surface area contributed by atoms with Crippen molar-refractivity contribution in [3.05, 3.63) is 79.6 Å². The first kappa shape index (κ1) is 29.0. The van der Waals surface area contributed by atoms with Gasteiger partial charge in [0.1, 0.15) is 18.8 Å². The maximum atomic E-state index is 13.0. The lowest BCUT2D eigenvalue weighted by molar-refractivity contribution is -0.0646. The van der Waals surface area contributed by atoms with Crippen LogP contribution >= 0.6 is 0 Å². The molecule has 1 aromatic heterocycles. The number of nitrogens with zero attached hydrogens (tertiary/aromatic N) is 1. The Balaban J connectivity index is 1.85. The van der Waals surface area contributed by atoms with Crippen LogP contribution in [0.2, 0.25) is 18.1 Å². The Bertz CT molecular complexity index is 1530. The lowest BCUT2D eigenvalue weighted by atomic mass is 9.89. The van der Waals surface area contributed by atoms with E-state index in [-0.39, 0.29) is 21.9 Å².